The van der Waals surface area contributed by atoms with E-state index in [4.69, 9.17) is 19.9 Å². The van der Waals surface area contributed by atoms with Crippen molar-refractivity contribution in [1.82, 2.24) is 19.9 Å². The van der Waals surface area contributed by atoms with E-state index in [0.717, 1.165) is 67.3 Å². The van der Waals surface area contributed by atoms with Crippen LogP contribution in [-0.2, 0) is 10.8 Å². The van der Waals surface area contributed by atoms with Crippen molar-refractivity contribution in [2.75, 3.05) is 0 Å². The number of thiophene rings is 4. The Morgan fingerprint density at radius 3 is 0.915 bits per heavy atom. The van der Waals surface area contributed by atoms with Gasteiger partial charge in [0, 0.05) is 125 Å². The average Bonchev–Trinajstić information content (AvgIpc) is 1.59. The Balaban J connectivity index is 0.000000138. The highest BCUT2D eigenvalue weighted by molar-refractivity contribution is 7.27. The zero-order valence-corrected chi connectivity index (χ0v) is 68.3. The Bertz CT molecular complexity index is 7630. The fourth-order valence-corrected chi connectivity index (χ4v) is 23.3. The molecule has 0 N–H and O–H groups in total. The van der Waals surface area contributed by atoms with Crippen LogP contribution in [0.1, 0.15) is 49.9 Å². The fourth-order valence-electron chi connectivity index (χ4n) is 18.6. The first-order chi connectivity index (χ1) is 57.9. The van der Waals surface area contributed by atoms with Gasteiger partial charge in [-0.1, -0.05) is 282 Å². The second kappa shape index (κ2) is 27.6. The smallest absolute Gasteiger partial charge is 0.160 e. The largest absolute Gasteiger partial charge is 0.228 e. The van der Waals surface area contributed by atoms with Crippen LogP contribution in [0.5, 0.6) is 0 Å². The van der Waals surface area contributed by atoms with Gasteiger partial charge >= 0.3 is 0 Å². The highest BCUT2D eigenvalue weighted by Crippen LogP contribution is 2.53. The van der Waals surface area contributed by atoms with Gasteiger partial charge in [-0.15, -0.1) is 45.3 Å². The predicted molar refractivity (Wildman–Crippen MR) is 505 cm³/mol. The van der Waals surface area contributed by atoms with E-state index < -0.39 is 0 Å². The SMILES string of the molecule is CC1(C)c2ccccc2-c2ccc(-c3cc(-c4cc(-c5ccc6sc7ccccc7c6c5)cc(-c5ccc6sc7ccccc7c6c5)c4)nc(-c4ccccc4)n3)cc21.CC1(C)c2ccccc2-c2ccc(-c3cc(-c4cc(-c5cccc6c5sc5ccccc56)cc(-c5cccc6c5sc5ccccc56)c4)nc(-c4ccccc4)n3)cc21. The van der Waals surface area contributed by atoms with Crippen molar-refractivity contribution >= 4 is 126 Å². The van der Waals surface area contributed by atoms with Crippen LogP contribution in [0.2, 0.25) is 0 Å². The van der Waals surface area contributed by atoms with Gasteiger partial charge < -0.3 is 0 Å². The molecule has 0 saturated heterocycles. The van der Waals surface area contributed by atoms with Crippen LogP contribution in [0.4, 0.5) is 0 Å². The quantitative estimate of drug-likeness (QED) is 0.137. The molecule has 0 amide bonds. The van der Waals surface area contributed by atoms with Crippen molar-refractivity contribution in [2.24, 2.45) is 0 Å². The van der Waals surface area contributed by atoms with Crippen molar-refractivity contribution in [2.45, 2.75) is 38.5 Å². The minimum absolute atomic E-state index is 0.118. The van der Waals surface area contributed by atoms with Gasteiger partial charge in [0.15, 0.2) is 11.6 Å². The van der Waals surface area contributed by atoms with E-state index in [2.05, 4.69) is 380 Å². The zero-order valence-electron chi connectivity index (χ0n) is 65.1. The molecule has 0 atom stereocenters. The molecular formula is C110H72N4S4. The monoisotopic (exact) mass is 1580 g/mol. The lowest BCUT2D eigenvalue weighted by Crippen LogP contribution is -2.14. The zero-order chi connectivity index (χ0) is 78.5. The molecule has 0 aliphatic heterocycles. The van der Waals surface area contributed by atoms with E-state index in [9.17, 15) is 0 Å². The molecule has 0 bridgehead atoms. The lowest BCUT2D eigenvalue weighted by Gasteiger charge is -2.22. The van der Waals surface area contributed by atoms with Gasteiger partial charge in [0.05, 0.1) is 22.8 Å². The molecule has 0 fully saturated rings. The number of rotatable bonds is 10. The van der Waals surface area contributed by atoms with E-state index in [1.165, 1.54) is 159 Å². The van der Waals surface area contributed by atoms with Crippen molar-refractivity contribution in [3.63, 3.8) is 0 Å². The number of benzene rings is 16. The summed E-state index contributed by atoms with van der Waals surface area (Å²) in [6, 6.07) is 133. The van der Waals surface area contributed by atoms with Crippen LogP contribution in [0.3, 0.4) is 0 Å². The van der Waals surface area contributed by atoms with Crippen molar-refractivity contribution < 1.29 is 0 Å². The van der Waals surface area contributed by atoms with E-state index in [1.807, 2.05) is 57.5 Å². The molecule has 0 saturated carbocycles. The fraction of sp³-hybridized carbons (Fsp3) is 0.0545. The molecule has 556 valence electrons. The summed E-state index contributed by atoms with van der Waals surface area (Å²) in [6.45, 7) is 9.34. The summed E-state index contributed by atoms with van der Waals surface area (Å²) in [5, 5.41) is 10.4. The minimum atomic E-state index is -0.121. The molecule has 16 aromatic carbocycles. The van der Waals surface area contributed by atoms with Crippen LogP contribution >= 0.6 is 45.3 Å². The maximum Gasteiger partial charge on any atom is 0.160 e. The summed E-state index contributed by atoms with van der Waals surface area (Å²) >= 11 is 7.46. The van der Waals surface area contributed by atoms with Crippen LogP contribution in [0.25, 0.3) is 215 Å². The Morgan fingerprint density at radius 2 is 0.483 bits per heavy atom. The van der Waals surface area contributed by atoms with Gasteiger partial charge in [0.2, 0.25) is 0 Å². The van der Waals surface area contributed by atoms with Crippen LogP contribution < -0.4 is 0 Å². The van der Waals surface area contributed by atoms with Gasteiger partial charge in [0.1, 0.15) is 0 Å². The van der Waals surface area contributed by atoms with Crippen molar-refractivity contribution in [1.29, 1.82) is 0 Å². The molecule has 0 spiro atoms. The molecule has 0 radical (unpaired) electrons. The molecule has 22 aromatic rings. The summed E-state index contributed by atoms with van der Waals surface area (Å²) in [6.07, 6.45) is 0. The van der Waals surface area contributed by atoms with Gasteiger partial charge in [-0.2, -0.15) is 0 Å². The molecule has 0 unspecified atom stereocenters. The number of hydrogen-bond acceptors (Lipinski definition) is 8. The Labute approximate surface area is 699 Å². The van der Waals surface area contributed by atoms with E-state index in [1.54, 1.807) is 0 Å². The van der Waals surface area contributed by atoms with E-state index in [-0.39, 0.29) is 10.8 Å². The summed E-state index contributed by atoms with van der Waals surface area (Å²) in [5.74, 6) is 1.43. The maximum absolute atomic E-state index is 5.39. The first kappa shape index (κ1) is 70.0. The highest BCUT2D eigenvalue weighted by Gasteiger charge is 2.37. The third-order valence-electron chi connectivity index (χ3n) is 24.6. The second-order valence-electron chi connectivity index (χ2n) is 32.3. The van der Waals surface area contributed by atoms with E-state index >= 15 is 0 Å². The normalized spacial score (nSPS) is 13.1. The summed E-state index contributed by atoms with van der Waals surface area (Å²) in [7, 11) is 0. The van der Waals surface area contributed by atoms with Gasteiger partial charge in [-0.05, 0) is 198 Å². The van der Waals surface area contributed by atoms with Crippen LogP contribution in [-0.4, -0.2) is 19.9 Å². The molecule has 4 nitrogen and oxygen atoms in total. The summed E-state index contributed by atoms with van der Waals surface area (Å²) < 4.78 is 10.4. The van der Waals surface area contributed by atoms with Crippen LogP contribution in [0.15, 0.2) is 364 Å². The number of nitrogens with zero attached hydrogens (tertiary/aromatic N) is 4. The van der Waals surface area contributed by atoms with Gasteiger partial charge in [-0.3, -0.25) is 0 Å². The lowest BCUT2D eigenvalue weighted by molar-refractivity contribution is 0.660. The van der Waals surface area contributed by atoms with Gasteiger partial charge in [-0.25, -0.2) is 19.9 Å². The Kier molecular flexibility index (Phi) is 16.4. The maximum atomic E-state index is 5.39. The van der Waals surface area contributed by atoms with Crippen molar-refractivity contribution in [3.8, 4) is 135 Å². The Hall–Kier alpha value is -13.4. The number of hydrogen-bond donors (Lipinski definition) is 0. The topological polar surface area (TPSA) is 51.6 Å². The van der Waals surface area contributed by atoms with Crippen molar-refractivity contribution in [3.05, 3.63) is 386 Å². The number of aromatic nitrogens is 4. The molecular weight excluding hydrogens is 1510 g/mol. The average molecular weight is 1580 g/mol. The second-order valence-corrected chi connectivity index (χ2v) is 36.6. The number of fused-ring (bicyclic) bond motifs is 18. The third kappa shape index (κ3) is 11.7. The third-order valence-corrected chi connectivity index (χ3v) is 29.3. The van der Waals surface area contributed by atoms with Gasteiger partial charge in [0.25, 0.3) is 0 Å². The predicted octanol–water partition coefficient (Wildman–Crippen LogP) is 31.7. The molecule has 8 heteroatoms. The first-order valence-electron chi connectivity index (χ1n) is 40.3. The molecule has 6 aromatic heterocycles. The molecule has 24 rings (SSSR count). The Morgan fingerprint density at radius 1 is 0.178 bits per heavy atom. The summed E-state index contributed by atoms with van der Waals surface area (Å²) in [5.41, 5.74) is 29.8. The van der Waals surface area contributed by atoms with E-state index in [0.29, 0.717) is 11.6 Å². The molecule has 2 aliphatic rings. The lowest BCUT2D eigenvalue weighted by atomic mass is 9.82. The first-order valence-corrected chi connectivity index (χ1v) is 43.5. The summed E-state index contributed by atoms with van der Waals surface area (Å²) in [4.78, 5) is 21.3. The molecule has 2 aliphatic carbocycles. The minimum Gasteiger partial charge on any atom is -0.228 e. The molecule has 6 heterocycles. The standard InChI is InChI=1S/2C55H36N2S2/c1-55(2)46-23-9-6-16-40(46)41-27-26-34(31-47(41)55)48-32-49(57-54(56-48)33-14-4-3-5-15-33)37-29-35(38-19-12-21-44-42-17-7-10-24-50(42)58-52(38)44)28-36(30-37)39-20-13-22-45-43-18-8-11-25-51(43)59-53(39)45;1-55(2)46-17-9-6-14-40(46)41-23-20-36(31-47(41)55)48-32-49(57-54(56-48)33-12-4-3-5-13-33)39-27-37(34-21-24-52-44(29-34)42-15-7-10-18-50(42)58-52)26-38(28-39)35-22-25-53-45(30-35)43-16-8-11-19-51(43)59-53/h2*3-32H,1-2H3. The highest BCUT2D eigenvalue weighted by atomic mass is 32.1. The van der Waals surface area contributed by atoms with Crippen LogP contribution in [0, 0.1) is 0 Å². The molecule has 118 heavy (non-hydrogen) atoms.